The molecule has 0 saturated carbocycles. The number of nitrogens with one attached hydrogen (secondary N) is 1. The molecule has 4 heteroatoms. The van der Waals surface area contributed by atoms with E-state index in [4.69, 9.17) is 0 Å². The van der Waals surface area contributed by atoms with Crippen LogP contribution in [0.15, 0.2) is 59.4 Å². The molecular formula is C19H18N2O2. The largest absolute Gasteiger partial charge is 0.396 e. The molecule has 0 spiro atoms. The second kappa shape index (κ2) is 6.58. The average Bonchev–Trinajstić information content (AvgIpc) is 2.58. The van der Waals surface area contributed by atoms with Crippen molar-refractivity contribution < 1.29 is 5.11 Å². The Morgan fingerprint density at radius 2 is 1.70 bits per heavy atom. The van der Waals surface area contributed by atoms with Crippen molar-refractivity contribution in [2.75, 3.05) is 6.61 Å². The lowest BCUT2D eigenvalue weighted by atomic mass is 10.0. The molecule has 4 nitrogen and oxygen atoms in total. The standard InChI is InChI=1S/C19H18N2O2/c1-13-7-9-14(10-8-13)17-16(11-12-22)19(23)21-18(20-17)15-5-3-2-4-6-15/h2-10,22H,11-12H2,1H3,(H,20,21,23). The van der Waals surface area contributed by atoms with Crippen LogP contribution in [0.4, 0.5) is 0 Å². The van der Waals surface area contributed by atoms with Crippen LogP contribution < -0.4 is 5.56 Å². The summed E-state index contributed by atoms with van der Waals surface area (Å²) in [5.41, 5.74) is 3.81. The van der Waals surface area contributed by atoms with Crippen molar-refractivity contribution in [3.63, 3.8) is 0 Å². The summed E-state index contributed by atoms with van der Waals surface area (Å²) in [6.45, 7) is 1.92. The fourth-order valence-electron chi connectivity index (χ4n) is 2.52. The highest BCUT2D eigenvalue weighted by atomic mass is 16.3. The number of aromatic amines is 1. The number of aromatic nitrogens is 2. The van der Waals surface area contributed by atoms with Gasteiger partial charge in [0.2, 0.25) is 0 Å². The Morgan fingerprint density at radius 1 is 1.00 bits per heavy atom. The molecule has 23 heavy (non-hydrogen) atoms. The van der Waals surface area contributed by atoms with Crippen molar-refractivity contribution in [1.29, 1.82) is 0 Å². The number of rotatable bonds is 4. The van der Waals surface area contributed by atoms with Gasteiger partial charge in [0.25, 0.3) is 5.56 Å². The van der Waals surface area contributed by atoms with Gasteiger partial charge in [0, 0.05) is 29.7 Å². The van der Waals surface area contributed by atoms with Crippen LogP contribution in [-0.2, 0) is 6.42 Å². The number of H-pyrrole nitrogens is 1. The second-order valence-corrected chi connectivity index (χ2v) is 5.45. The van der Waals surface area contributed by atoms with Crippen molar-refractivity contribution in [3.8, 4) is 22.6 Å². The summed E-state index contributed by atoms with van der Waals surface area (Å²) in [5.74, 6) is 0.535. The van der Waals surface area contributed by atoms with Crippen LogP contribution in [0.5, 0.6) is 0 Å². The van der Waals surface area contributed by atoms with Crippen LogP contribution in [0, 0.1) is 6.92 Å². The number of nitrogens with zero attached hydrogens (tertiary/aromatic N) is 1. The van der Waals surface area contributed by atoms with Gasteiger partial charge in [-0.2, -0.15) is 0 Å². The van der Waals surface area contributed by atoms with Crippen LogP contribution in [-0.4, -0.2) is 21.7 Å². The van der Waals surface area contributed by atoms with Gasteiger partial charge in [-0.15, -0.1) is 0 Å². The summed E-state index contributed by atoms with van der Waals surface area (Å²) >= 11 is 0. The van der Waals surface area contributed by atoms with Gasteiger partial charge in [0.1, 0.15) is 5.82 Å². The maximum atomic E-state index is 12.5. The predicted octanol–water partition coefficient (Wildman–Crippen LogP) is 2.95. The summed E-state index contributed by atoms with van der Waals surface area (Å²) in [5, 5.41) is 9.27. The van der Waals surface area contributed by atoms with E-state index in [1.54, 1.807) is 0 Å². The zero-order valence-electron chi connectivity index (χ0n) is 12.9. The third-order valence-electron chi connectivity index (χ3n) is 3.75. The molecule has 0 aliphatic rings. The summed E-state index contributed by atoms with van der Waals surface area (Å²) in [6, 6.07) is 17.4. The molecule has 116 valence electrons. The van der Waals surface area contributed by atoms with Gasteiger partial charge < -0.3 is 10.1 Å². The quantitative estimate of drug-likeness (QED) is 0.779. The van der Waals surface area contributed by atoms with Crippen LogP contribution in [0.3, 0.4) is 0 Å². The summed E-state index contributed by atoms with van der Waals surface area (Å²) in [4.78, 5) is 19.9. The zero-order chi connectivity index (χ0) is 16.2. The number of hydrogen-bond donors (Lipinski definition) is 2. The Morgan fingerprint density at radius 3 is 2.35 bits per heavy atom. The van der Waals surface area contributed by atoms with Crippen molar-refractivity contribution in [2.24, 2.45) is 0 Å². The third kappa shape index (κ3) is 3.22. The Hall–Kier alpha value is -2.72. The normalized spacial score (nSPS) is 10.7. The van der Waals surface area contributed by atoms with E-state index in [9.17, 15) is 9.90 Å². The number of aryl methyl sites for hydroxylation is 1. The lowest BCUT2D eigenvalue weighted by Crippen LogP contribution is -2.18. The van der Waals surface area contributed by atoms with Crippen molar-refractivity contribution in [2.45, 2.75) is 13.3 Å². The van der Waals surface area contributed by atoms with Gasteiger partial charge in [-0.05, 0) is 6.92 Å². The fourth-order valence-corrected chi connectivity index (χ4v) is 2.52. The van der Waals surface area contributed by atoms with E-state index in [0.717, 1.165) is 16.7 Å². The zero-order valence-corrected chi connectivity index (χ0v) is 12.9. The second-order valence-electron chi connectivity index (χ2n) is 5.45. The first-order chi connectivity index (χ1) is 11.2. The lowest BCUT2D eigenvalue weighted by Gasteiger charge is -2.10. The highest BCUT2D eigenvalue weighted by molar-refractivity contribution is 5.66. The average molecular weight is 306 g/mol. The molecule has 0 unspecified atom stereocenters. The van der Waals surface area contributed by atoms with Crippen molar-refractivity contribution >= 4 is 0 Å². The Labute approximate surface area is 134 Å². The molecule has 0 saturated heterocycles. The Bertz CT molecular complexity index is 853. The van der Waals surface area contributed by atoms with Gasteiger partial charge >= 0.3 is 0 Å². The number of aliphatic hydroxyl groups excluding tert-OH is 1. The lowest BCUT2D eigenvalue weighted by molar-refractivity contribution is 0.299. The minimum Gasteiger partial charge on any atom is -0.396 e. The van der Waals surface area contributed by atoms with Crippen LogP contribution in [0.1, 0.15) is 11.1 Å². The van der Waals surface area contributed by atoms with E-state index in [2.05, 4.69) is 9.97 Å². The van der Waals surface area contributed by atoms with Crippen molar-refractivity contribution in [3.05, 3.63) is 76.1 Å². The number of aliphatic hydroxyl groups is 1. The number of hydrogen-bond acceptors (Lipinski definition) is 3. The van der Waals surface area contributed by atoms with Gasteiger partial charge in [-0.3, -0.25) is 4.79 Å². The smallest absolute Gasteiger partial charge is 0.255 e. The molecule has 0 aliphatic carbocycles. The monoisotopic (exact) mass is 306 g/mol. The summed E-state index contributed by atoms with van der Waals surface area (Å²) in [7, 11) is 0. The Balaban J connectivity index is 2.20. The predicted molar refractivity (Wildman–Crippen MR) is 91.3 cm³/mol. The molecule has 2 N–H and O–H groups in total. The van der Waals surface area contributed by atoms with E-state index in [0.29, 0.717) is 17.1 Å². The van der Waals surface area contributed by atoms with Crippen LogP contribution in [0.25, 0.3) is 22.6 Å². The molecular weight excluding hydrogens is 288 g/mol. The molecule has 1 heterocycles. The van der Waals surface area contributed by atoms with Crippen LogP contribution in [0.2, 0.25) is 0 Å². The minimum atomic E-state index is -0.205. The first kappa shape index (κ1) is 15.2. The first-order valence-corrected chi connectivity index (χ1v) is 7.55. The highest BCUT2D eigenvalue weighted by Crippen LogP contribution is 2.23. The van der Waals surface area contributed by atoms with Gasteiger partial charge in [0.05, 0.1) is 5.69 Å². The van der Waals surface area contributed by atoms with Gasteiger partial charge in [-0.1, -0.05) is 60.2 Å². The van der Waals surface area contributed by atoms with E-state index >= 15 is 0 Å². The third-order valence-corrected chi connectivity index (χ3v) is 3.75. The van der Waals surface area contributed by atoms with E-state index < -0.39 is 0 Å². The van der Waals surface area contributed by atoms with E-state index in [-0.39, 0.29) is 18.6 Å². The van der Waals surface area contributed by atoms with Gasteiger partial charge in [-0.25, -0.2) is 4.98 Å². The maximum absolute atomic E-state index is 12.5. The molecule has 0 bridgehead atoms. The molecule has 0 fully saturated rings. The Kier molecular flexibility index (Phi) is 4.35. The molecule has 3 rings (SSSR count). The first-order valence-electron chi connectivity index (χ1n) is 7.55. The molecule has 2 aromatic carbocycles. The van der Waals surface area contributed by atoms with E-state index in [1.807, 2.05) is 61.5 Å². The number of benzene rings is 2. The highest BCUT2D eigenvalue weighted by Gasteiger charge is 2.14. The van der Waals surface area contributed by atoms with E-state index in [1.165, 1.54) is 0 Å². The summed E-state index contributed by atoms with van der Waals surface area (Å²) < 4.78 is 0. The van der Waals surface area contributed by atoms with Crippen molar-refractivity contribution in [1.82, 2.24) is 9.97 Å². The SMILES string of the molecule is Cc1ccc(-c2nc(-c3ccccc3)[nH]c(=O)c2CCO)cc1. The van der Waals surface area contributed by atoms with Crippen LogP contribution >= 0.6 is 0 Å². The molecule has 0 aliphatic heterocycles. The molecule has 0 atom stereocenters. The minimum absolute atomic E-state index is 0.0890. The molecule has 0 radical (unpaired) electrons. The molecule has 0 amide bonds. The van der Waals surface area contributed by atoms with Gasteiger partial charge in [0.15, 0.2) is 0 Å². The summed E-state index contributed by atoms with van der Waals surface area (Å²) in [6.07, 6.45) is 0.278. The molecule has 3 aromatic rings. The maximum Gasteiger partial charge on any atom is 0.255 e. The topological polar surface area (TPSA) is 66.0 Å². The molecule has 1 aromatic heterocycles. The fraction of sp³-hybridized carbons (Fsp3) is 0.158.